The molecule has 0 fully saturated rings. The van der Waals surface area contributed by atoms with E-state index in [0.717, 1.165) is 0 Å². The van der Waals surface area contributed by atoms with Crippen molar-refractivity contribution in [2.45, 2.75) is 32.7 Å². The standard InChI is InChI=1S/C12H20N2O4/c1-8(2)10(7-15)13-11(16)5-4-9-6-12(17-3)14-18-9/h6,8,10,15H,4-5,7H2,1-3H3,(H,13,16). The molecule has 1 atom stereocenters. The van der Waals surface area contributed by atoms with Crippen LogP contribution in [0.5, 0.6) is 5.88 Å². The van der Waals surface area contributed by atoms with E-state index in [4.69, 9.17) is 14.4 Å². The molecule has 1 aromatic heterocycles. The summed E-state index contributed by atoms with van der Waals surface area (Å²) in [6.07, 6.45) is 0.750. The normalized spacial score (nSPS) is 12.5. The molecule has 0 bridgehead atoms. The Morgan fingerprint density at radius 3 is 2.83 bits per heavy atom. The molecule has 0 saturated carbocycles. The van der Waals surface area contributed by atoms with Crippen molar-refractivity contribution in [2.24, 2.45) is 5.92 Å². The van der Waals surface area contributed by atoms with Crippen molar-refractivity contribution in [3.05, 3.63) is 11.8 Å². The van der Waals surface area contributed by atoms with Gasteiger partial charge in [0.25, 0.3) is 5.88 Å². The molecule has 0 spiro atoms. The summed E-state index contributed by atoms with van der Waals surface area (Å²) in [7, 11) is 1.50. The molecule has 1 aromatic rings. The first-order chi connectivity index (χ1) is 8.56. The zero-order valence-electron chi connectivity index (χ0n) is 11.0. The van der Waals surface area contributed by atoms with Gasteiger partial charge in [0.05, 0.1) is 19.8 Å². The van der Waals surface area contributed by atoms with Gasteiger partial charge in [0.2, 0.25) is 5.91 Å². The number of rotatable bonds is 7. The number of aryl methyl sites for hydroxylation is 1. The Morgan fingerprint density at radius 2 is 2.33 bits per heavy atom. The van der Waals surface area contributed by atoms with E-state index in [1.165, 1.54) is 7.11 Å². The number of aliphatic hydroxyl groups is 1. The quantitative estimate of drug-likeness (QED) is 0.752. The summed E-state index contributed by atoms with van der Waals surface area (Å²) < 4.78 is 9.86. The second-order valence-corrected chi connectivity index (χ2v) is 4.44. The number of carbonyl (C=O) groups is 1. The van der Waals surface area contributed by atoms with Crippen LogP contribution >= 0.6 is 0 Å². The van der Waals surface area contributed by atoms with Gasteiger partial charge in [-0.3, -0.25) is 4.79 Å². The van der Waals surface area contributed by atoms with Gasteiger partial charge in [-0.15, -0.1) is 0 Å². The van der Waals surface area contributed by atoms with Crippen molar-refractivity contribution < 1.29 is 19.2 Å². The molecule has 6 heteroatoms. The number of amides is 1. The summed E-state index contributed by atoms with van der Waals surface area (Å²) in [5.41, 5.74) is 0. The third kappa shape index (κ3) is 4.37. The summed E-state index contributed by atoms with van der Waals surface area (Å²) in [6, 6.07) is 1.45. The fraction of sp³-hybridized carbons (Fsp3) is 0.667. The summed E-state index contributed by atoms with van der Waals surface area (Å²) in [4.78, 5) is 11.7. The van der Waals surface area contributed by atoms with Crippen LogP contribution in [0.1, 0.15) is 26.0 Å². The van der Waals surface area contributed by atoms with Crippen LogP contribution in [-0.4, -0.2) is 35.9 Å². The topological polar surface area (TPSA) is 84.6 Å². The number of aromatic nitrogens is 1. The Labute approximate surface area is 106 Å². The van der Waals surface area contributed by atoms with Crippen LogP contribution in [0.3, 0.4) is 0 Å². The van der Waals surface area contributed by atoms with Crippen molar-refractivity contribution in [3.63, 3.8) is 0 Å². The first-order valence-corrected chi connectivity index (χ1v) is 5.96. The molecule has 1 unspecified atom stereocenters. The molecular weight excluding hydrogens is 236 g/mol. The number of ether oxygens (including phenoxy) is 1. The van der Waals surface area contributed by atoms with Gasteiger partial charge in [0, 0.05) is 18.9 Å². The van der Waals surface area contributed by atoms with E-state index in [9.17, 15) is 4.79 Å². The van der Waals surface area contributed by atoms with E-state index < -0.39 is 0 Å². The zero-order valence-corrected chi connectivity index (χ0v) is 11.0. The number of carbonyl (C=O) groups excluding carboxylic acids is 1. The SMILES string of the molecule is COc1cc(CCC(=O)NC(CO)C(C)C)on1. The number of nitrogens with zero attached hydrogens (tertiary/aromatic N) is 1. The second-order valence-electron chi connectivity index (χ2n) is 4.44. The lowest BCUT2D eigenvalue weighted by molar-refractivity contribution is -0.122. The van der Waals surface area contributed by atoms with Crippen molar-refractivity contribution in [1.82, 2.24) is 10.5 Å². The number of hydrogen-bond donors (Lipinski definition) is 2. The molecule has 102 valence electrons. The smallest absolute Gasteiger partial charge is 0.254 e. The molecule has 0 radical (unpaired) electrons. The predicted octanol–water partition coefficient (Wildman–Crippen LogP) is 0.749. The van der Waals surface area contributed by atoms with Crippen LogP contribution in [0, 0.1) is 5.92 Å². The molecule has 0 aliphatic heterocycles. The molecule has 0 aliphatic rings. The number of aliphatic hydroxyl groups excluding tert-OH is 1. The van der Waals surface area contributed by atoms with E-state index in [0.29, 0.717) is 24.5 Å². The van der Waals surface area contributed by atoms with Crippen LogP contribution in [-0.2, 0) is 11.2 Å². The molecule has 1 rings (SSSR count). The van der Waals surface area contributed by atoms with E-state index in [-0.39, 0.29) is 24.5 Å². The zero-order chi connectivity index (χ0) is 13.5. The molecule has 1 heterocycles. The summed E-state index contributed by atoms with van der Waals surface area (Å²) in [5.74, 6) is 1.09. The van der Waals surface area contributed by atoms with Gasteiger partial charge in [-0.05, 0) is 11.1 Å². The molecule has 18 heavy (non-hydrogen) atoms. The molecule has 0 aliphatic carbocycles. The molecule has 2 N–H and O–H groups in total. The Kier molecular flexibility index (Phi) is 5.64. The van der Waals surface area contributed by atoms with Gasteiger partial charge in [0.15, 0.2) is 0 Å². The summed E-state index contributed by atoms with van der Waals surface area (Å²) in [6.45, 7) is 3.84. The molecular formula is C12H20N2O4. The molecule has 0 saturated heterocycles. The van der Waals surface area contributed by atoms with Gasteiger partial charge >= 0.3 is 0 Å². The van der Waals surface area contributed by atoms with Gasteiger partial charge in [0.1, 0.15) is 5.76 Å². The van der Waals surface area contributed by atoms with Crippen molar-refractivity contribution in [3.8, 4) is 5.88 Å². The number of hydrogen-bond acceptors (Lipinski definition) is 5. The third-order valence-electron chi connectivity index (χ3n) is 2.69. The number of nitrogens with one attached hydrogen (secondary N) is 1. The third-order valence-corrected chi connectivity index (χ3v) is 2.69. The molecule has 1 amide bonds. The highest BCUT2D eigenvalue weighted by molar-refractivity contribution is 5.76. The van der Waals surface area contributed by atoms with Crippen molar-refractivity contribution in [2.75, 3.05) is 13.7 Å². The highest BCUT2D eigenvalue weighted by Gasteiger charge is 2.15. The minimum Gasteiger partial charge on any atom is -0.479 e. The van der Waals surface area contributed by atoms with Gasteiger partial charge in [-0.25, -0.2) is 0 Å². The average molecular weight is 256 g/mol. The minimum absolute atomic E-state index is 0.0560. The Morgan fingerprint density at radius 1 is 1.61 bits per heavy atom. The first kappa shape index (κ1) is 14.5. The monoisotopic (exact) mass is 256 g/mol. The van der Waals surface area contributed by atoms with Crippen LogP contribution in [0.15, 0.2) is 10.6 Å². The van der Waals surface area contributed by atoms with E-state index in [2.05, 4.69) is 10.5 Å². The van der Waals surface area contributed by atoms with E-state index in [1.807, 2.05) is 13.8 Å². The van der Waals surface area contributed by atoms with Crippen LogP contribution in [0.4, 0.5) is 0 Å². The van der Waals surface area contributed by atoms with Gasteiger partial charge < -0.3 is 19.7 Å². The predicted molar refractivity (Wildman–Crippen MR) is 65.2 cm³/mol. The number of methoxy groups -OCH3 is 1. The second kappa shape index (κ2) is 7.00. The molecule has 0 aromatic carbocycles. The van der Waals surface area contributed by atoms with Gasteiger partial charge in [-0.1, -0.05) is 13.8 Å². The van der Waals surface area contributed by atoms with Crippen molar-refractivity contribution >= 4 is 5.91 Å². The minimum atomic E-state index is -0.207. The average Bonchev–Trinajstić information content (AvgIpc) is 2.81. The summed E-state index contributed by atoms with van der Waals surface area (Å²) in [5, 5.41) is 15.5. The lowest BCUT2D eigenvalue weighted by Crippen LogP contribution is -2.41. The Bertz CT molecular complexity index is 376. The fourth-order valence-electron chi connectivity index (χ4n) is 1.45. The Balaban J connectivity index is 2.36. The highest BCUT2D eigenvalue weighted by atomic mass is 16.5. The lowest BCUT2D eigenvalue weighted by Gasteiger charge is -2.19. The van der Waals surface area contributed by atoms with Crippen LogP contribution < -0.4 is 10.1 Å². The van der Waals surface area contributed by atoms with Crippen LogP contribution in [0.25, 0.3) is 0 Å². The molecule has 6 nitrogen and oxygen atoms in total. The van der Waals surface area contributed by atoms with Crippen molar-refractivity contribution in [1.29, 1.82) is 0 Å². The lowest BCUT2D eigenvalue weighted by atomic mass is 10.1. The highest BCUT2D eigenvalue weighted by Crippen LogP contribution is 2.12. The van der Waals surface area contributed by atoms with Gasteiger partial charge in [-0.2, -0.15) is 0 Å². The maximum absolute atomic E-state index is 11.7. The van der Waals surface area contributed by atoms with E-state index >= 15 is 0 Å². The maximum Gasteiger partial charge on any atom is 0.254 e. The van der Waals surface area contributed by atoms with E-state index in [1.54, 1.807) is 6.07 Å². The Hall–Kier alpha value is -1.56. The largest absolute Gasteiger partial charge is 0.479 e. The van der Waals surface area contributed by atoms with Crippen LogP contribution in [0.2, 0.25) is 0 Å². The maximum atomic E-state index is 11.7. The first-order valence-electron chi connectivity index (χ1n) is 5.96. The summed E-state index contributed by atoms with van der Waals surface area (Å²) >= 11 is 0. The fourth-order valence-corrected chi connectivity index (χ4v) is 1.45.